The number of aliphatic hydroxyl groups is 1. The summed E-state index contributed by atoms with van der Waals surface area (Å²) in [7, 11) is -3.62. The third-order valence-corrected chi connectivity index (χ3v) is 7.27. The Morgan fingerprint density at radius 2 is 1.88 bits per heavy atom. The summed E-state index contributed by atoms with van der Waals surface area (Å²) in [6.07, 6.45) is 3.50. The van der Waals surface area contributed by atoms with Gasteiger partial charge in [0, 0.05) is 24.7 Å². The molecule has 0 amide bonds. The molecule has 0 saturated carbocycles. The Morgan fingerprint density at radius 3 is 2.69 bits per heavy atom. The second-order valence-corrected chi connectivity index (χ2v) is 9.86. The Balaban J connectivity index is 1.30. The molecule has 0 bridgehead atoms. The maximum atomic E-state index is 12.9. The van der Waals surface area contributed by atoms with Crippen molar-refractivity contribution in [3.8, 4) is 5.75 Å². The number of hydrogen-bond acceptors (Lipinski definition) is 6. The van der Waals surface area contributed by atoms with E-state index in [-0.39, 0.29) is 11.5 Å². The fourth-order valence-corrected chi connectivity index (χ4v) is 5.40. The second kappa shape index (κ2) is 10.4. The van der Waals surface area contributed by atoms with Crippen molar-refractivity contribution < 1.29 is 18.3 Å². The lowest BCUT2D eigenvalue weighted by Crippen LogP contribution is -2.38. The van der Waals surface area contributed by atoms with Crippen LogP contribution in [0.15, 0.2) is 65.7 Å². The van der Waals surface area contributed by atoms with Gasteiger partial charge in [-0.3, -0.25) is 9.88 Å². The minimum absolute atomic E-state index is 0.00148. The number of nitrogens with one attached hydrogen (secondary N) is 1. The number of benzene rings is 2. The van der Waals surface area contributed by atoms with Crippen LogP contribution in [0.1, 0.15) is 18.4 Å². The minimum atomic E-state index is -3.62. The molecule has 1 aliphatic rings. The van der Waals surface area contributed by atoms with Crippen LogP contribution in [-0.2, 0) is 16.6 Å². The molecule has 7 nitrogen and oxygen atoms in total. The summed E-state index contributed by atoms with van der Waals surface area (Å²) >= 11 is 0. The van der Waals surface area contributed by atoms with Gasteiger partial charge in [0.05, 0.1) is 12.1 Å². The van der Waals surface area contributed by atoms with Crippen molar-refractivity contribution in [2.24, 2.45) is 5.92 Å². The zero-order valence-electron chi connectivity index (χ0n) is 18.0. The molecule has 1 saturated heterocycles. The van der Waals surface area contributed by atoms with E-state index in [9.17, 15) is 8.42 Å². The highest BCUT2D eigenvalue weighted by Crippen LogP contribution is 2.23. The number of sulfonamides is 1. The highest BCUT2D eigenvalue weighted by atomic mass is 32.2. The van der Waals surface area contributed by atoms with Gasteiger partial charge in [-0.15, -0.1) is 0 Å². The van der Waals surface area contributed by atoms with Gasteiger partial charge in [0.1, 0.15) is 17.3 Å². The predicted octanol–water partition coefficient (Wildman–Crippen LogP) is 2.80. The summed E-state index contributed by atoms with van der Waals surface area (Å²) in [4.78, 5) is 6.88. The lowest BCUT2D eigenvalue weighted by molar-refractivity contribution is 0.178. The monoisotopic (exact) mass is 455 g/mol. The van der Waals surface area contributed by atoms with Crippen LogP contribution in [0.4, 0.5) is 0 Å². The topological polar surface area (TPSA) is 91.8 Å². The van der Waals surface area contributed by atoms with Gasteiger partial charge in [0.25, 0.3) is 0 Å². The first kappa shape index (κ1) is 22.7. The van der Waals surface area contributed by atoms with Crippen molar-refractivity contribution in [1.29, 1.82) is 0 Å². The second-order valence-electron chi connectivity index (χ2n) is 8.12. The van der Waals surface area contributed by atoms with Crippen molar-refractivity contribution >= 4 is 20.9 Å². The maximum absolute atomic E-state index is 12.9. The lowest BCUT2D eigenvalue weighted by atomic mass is 9.97. The van der Waals surface area contributed by atoms with Crippen LogP contribution in [0.3, 0.4) is 0 Å². The summed E-state index contributed by atoms with van der Waals surface area (Å²) in [5.74, 6) is 1.08. The average Bonchev–Trinajstić information content (AvgIpc) is 2.82. The molecule has 0 spiro atoms. The number of aromatic nitrogens is 1. The average molecular weight is 456 g/mol. The number of pyridine rings is 1. The van der Waals surface area contributed by atoms with Crippen LogP contribution < -0.4 is 9.46 Å². The maximum Gasteiger partial charge on any atom is 0.242 e. The zero-order valence-corrected chi connectivity index (χ0v) is 18.8. The van der Waals surface area contributed by atoms with Crippen molar-refractivity contribution in [1.82, 2.24) is 14.6 Å². The first-order valence-corrected chi connectivity index (χ1v) is 12.4. The minimum Gasteiger partial charge on any atom is -0.491 e. The summed E-state index contributed by atoms with van der Waals surface area (Å²) in [5, 5.41) is 9.72. The fraction of sp³-hybridized carbons (Fsp3) is 0.375. The van der Waals surface area contributed by atoms with E-state index in [1.54, 1.807) is 24.4 Å². The molecule has 4 rings (SSSR count). The molecule has 3 aromatic rings. The first-order valence-electron chi connectivity index (χ1n) is 10.9. The van der Waals surface area contributed by atoms with E-state index in [2.05, 4.69) is 20.7 Å². The van der Waals surface area contributed by atoms with Gasteiger partial charge >= 0.3 is 0 Å². The van der Waals surface area contributed by atoms with Crippen LogP contribution in [-0.4, -0.2) is 56.3 Å². The molecule has 1 aliphatic heterocycles. The third kappa shape index (κ3) is 5.63. The van der Waals surface area contributed by atoms with Gasteiger partial charge in [-0.1, -0.05) is 30.3 Å². The normalized spacial score (nSPS) is 15.8. The van der Waals surface area contributed by atoms with Gasteiger partial charge in [0.15, 0.2) is 0 Å². The predicted molar refractivity (Wildman–Crippen MR) is 124 cm³/mol. The zero-order chi connectivity index (χ0) is 22.4. The fourth-order valence-electron chi connectivity index (χ4n) is 4.10. The highest BCUT2D eigenvalue weighted by Gasteiger charge is 2.23. The van der Waals surface area contributed by atoms with Crippen molar-refractivity contribution in [3.63, 3.8) is 0 Å². The van der Waals surface area contributed by atoms with Gasteiger partial charge in [-0.2, -0.15) is 0 Å². The largest absolute Gasteiger partial charge is 0.491 e. The molecule has 0 aliphatic carbocycles. The summed E-state index contributed by atoms with van der Waals surface area (Å²) < 4.78 is 34.1. The number of para-hydroxylation sites is 1. The molecule has 2 heterocycles. The van der Waals surface area contributed by atoms with Crippen LogP contribution in [0.5, 0.6) is 5.75 Å². The molecule has 170 valence electrons. The quantitative estimate of drug-likeness (QED) is 0.516. The van der Waals surface area contributed by atoms with Crippen molar-refractivity contribution in [3.05, 3.63) is 66.4 Å². The number of rotatable bonds is 9. The number of hydrogen-bond donors (Lipinski definition) is 2. The molecule has 2 N–H and O–H groups in total. The van der Waals surface area contributed by atoms with E-state index in [0.717, 1.165) is 43.6 Å². The van der Waals surface area contributed by atoms with Crippen molar-refractivity contribution in [2.75, 3.05) is 32.8 Å². The molecule has 32 heavy (non-hydrogen) atoms. The highest BCUT2D eigenvalue weighted by molar-refractivity contribution is 7.89. The van der Waals surface area contributed by atoms with E-state index in [1.807, 2.05) is 30.3 Å². The summed E-state index contributed by atoms with van der Waals surface area (Å²) in [6, 6.07) is 16.8. The first-order chi connectivity index (χ1) is 15.5. The molecule has 0 unspecified atom stereocenters. The van der Waals surface area contributed by atoms with Gasteiger partial charge in [0.2, 0.25) is 10.0 Å². The Hall–Kier alpha value is -2.52. The summed E-state index contributed by atoms with van der Waals surface area (Å²) in [6.45, 7) is 3.40. The van der Waals surface area contributed by atoms with E-state index < -0.39 is 10.0 Å². The number of piperidine rings is 1. The molecular weight excluding hydrogens is 426 g/mol. The van der Waals surface area contributed by atoms with Crippen LogP contribution in [0.2, 0.25) is 0 Å². The van der Waals surface area contributed by atoms with Gasteiger partial charge in [-0.05, 0) is 61.7 Å². The van der Waals surface area contributed by atoms with Crippen LogP contribution in [0, 0.1) is 5.92 Å². The van der Waals surface area contributed by atoms with E-state index in [4.69, 9.17) is 9.84 Å². The number of ether oxygens (including phenoxy) is 1. The van der Waals surface area contributed by atoms with Gasteiger partial charge < -0.3 is 9.84 Å². The van der Waals surface area contributed by atoms with E-state index in [0.29, 0.717) is 24.6 Å². The standard InChI is InChI=1S/C24H29N3O4S/c28-14-15-31-22-7-1-4-20(16-22)18-27-12-9-19(10-13-27)17-26-32(29,30)23-8-2-5-21-6-3-11-25-24(21)23/h1-8,11,16,19,26,28H,9-10,12-15,17-18H2. The molecule has 0 radical (unpaired) electrons. The Bertz CT molecular complexity index is 1140. The molecule has 1 aromatic heterocycles. The number of nitrogens with zero attached hydrogens (tertiary/aromatic N) is 2. The van der Waals surface area contributed by atoms with E-state index >= 15 is 0 Å². The van der Waals surface area contributed by atoms with Crippen molar-refractivity contribution in [2.45, 2.75) is 24.3 Å². The number of fused-ring (bicyclic) bond motifs is 1. The number of aliphatic hydroxyl groups excluding tert-OH is 1. The molecule has 2 aromatic carbocycles. The molecule has 1 fully saturated rings. The molecule has 8 heteroatoms. The smallest absolute Gasteiger partial charge is 0.242 e. The molecular formula is C24H29N3O4S. The molecule has 0 atom stereocenters. The lowest BCUT2D eigenvalue weighted by Gasteiger charge is -2.32. The summed E-state index contributed by atoms with van der Waals surface area (Å²) in [5.41, 5.74) is 1.67. The number of likely N-dealkylation sites (tertiary alicyclic amines) is 1. The van der Waals surface area contributed by atoms with Crippen LogP contribution >= 0.6 is 0 Å². The Kier molecular flexibility index (Phi) is 7.36. The van der Waals surface area contributed by atoms with Crippen LogP contribution in [0.25, 0.3) is 10.9 Å². The Morgan fingerprint density at radius 1 is 1.09 bits per heavy atom. The third-order valence-electron chi connectivity index (χ3n) is 5.82. The van der Waals surface area contributed by atoms with E-state index in [1.165, 1.54) is 5.56 Å². The SMILES string of the molecule is O=S(=O)(NCC1CCN(Cc2cccc(OCCO)c2)CC1)c1cccc2cccnc12. The van der Waals surface area contributed by atoms with Gasteiger partial charge in [-0.25, -0.2) is 13.1 Å². The Labute approximate surface area is 189 Å².